The lowest BCUT2D eigenvalue weighted by Crippen LogP contribution is -2.49. The fourth-order valence-electron chi connectivity index (χ4n) is 3.42. The van der Waals surface area contributed by atoms with Crippen LogP contribution in [0.3, 0.4) is 0 Å². The Morgan fingerprint density at radius 1 is 1.06 bits per heavy atom. The number of nitrogens with one attached hydrogen (secondary N) is 2. The second-order valence-corrected chi connectivity index (χ2v) is 8.58. The SMILES string of the molecule is O=C(Nc1cccc(Cl)c1)Nc1nc(CCC(=O)N2CCN(c3ccccn3)CC2)cs1. The number of amides is 3. The number of hydrogen-bond donors (Lipinski definition) is 2. The number of urea groups is 1. The monoisotopic (exact) mass is 470 g/mol. The van der Waals surface area contributed by atoms with Gasteiger partial charge in [-0.1, -0.05) is 23.7 Å². The number of thiazole rings is 1. The van der Waals surface area contributed by atoms with Crippen LogP contribution in [0.15, 0.2) is 54.0 Å². The summed E-state index contributed by atoms with van der Waals surface area (Å²) in [7, 11) is 0. The van der Waals surface area contributed by atoms with E-state index in [-0.39, 0.29) is 5.91 Å². The largest absolute Gasteiger partial charge is 0.353 e. The van der Waals surface area contributed by atoms with E-state index >= 15 is 0 Å². The first-order chi connectivity index (χ1) is 15.6. The van der Waals surface area contributed by atoms with Crippen molar-refractivity contribution in [2.24, 2.45) is 0 Å². The summed E-state index contributed by atoms with van der Waals surface area (Å²) in [5, 5.41) is 8.31. The van der Waals surface area contributed by atoms with Gasteiger partial charge in [0.15, 0.2) is 5.13 Å². The Morgan fingerprint density at radius 3 is 2.66 bits per heavy atom. The summed E-state index contributed by atoms with van der Waals surface area (Å²) in [6.07, 6.45) is 2.71. The molecule has 4 rings (SSSR count). The van der Waals surface area contributed by atoms with Gasteiger partial charge in [0.2, 0.25) is 5.91 Å². The van der Waals surface area contributed by atoms with Crippen LogP contribution in [0.25, 0.3) is 0 Å². The van der Waals surface area contributed by atoms with Crippen molar-refractivity contribution in [3.8, 4) is 0 Å². The van der Waals surface area contributed by atoms with Gasteiger partial charge in [0.05, 0.1) is 5.69 Å². The second-order valence-electron chi connectivity index (χ2n) is 7.29. The highest BCUT2D eigenvalue weighted by Crippen LogP contribution is 2.19. The quantitative estimate of drug-likeness (QED) is 0.565. The molecule has 0 atom stereocenters. The lowest BCUT2D eigenvalue weighted by Gasteiger charge is -2.35. The molecule has 0 aliphatic carbocycles. The molecule has 8 nitrogen and oxygen atoms in total. The van der Waals surface area contributed by atoms with Crippen LogP contribution < -0.4 is 15.5 Å². The molecule has 1 aliphatic heterocycles. The van der Waals surface area contributed by atoms with Gasteiger partial charge >= 0.3 is 6.03 Å². The maximum absolute atomic E-state index is 12.6. The molecule has 3 aromatic rings. The van der Waals surface area contributed by atoms with Crippen molar-refractivity contribution in [1.29, 1.82) is 0 Å². The summed E-state index contributed by atoms with van der Waals surface area (Å²) in [5.74, 6) is 1.06. The summed E-state index contributed by atoms with van der Waals surface area (Å²) < 4.78 is 0. The number of pyridine rings is 1. The normalized spacial score (nSPS) is 13.7. The second kappa shape index (κ2) is 10.4. The van der Waals surface area contributed by atoms with Crippen molar-refractivity contribution in [1.82, 2.24) is 14.9 Å². The minimum absolute atomic E-state index is 0.117. The van der Waals surface area contributed by atoms with Gasteiger partial charge in [-0.3, -0.25) is 10.1 Å². The molecule has 0 spiro atoms. The third-order valence-electron chi connectivity index (χ3n) is 5.06. The van der Waals surface area contributed by atoms with Crippen molar-refractivity contribution in [2.75, 3.05) is 41.7 Å². The molecule has 1 aliphatic rings. The molecule has 2 aromatic heterocycles. The summed E-state index contributed by atoms with van der Waals surface area (Å²) in [6.45, 7) is 2.91. The molecule has 2 N–H and O–H groups in total. The topological polar surface area (TPSA) is 90.5 Å². The van der Waals surface area contributed by atoms with E-state index in [0.717, 1.165) is 24.6 Å². The number of nitrogens with zero attached hydrogens (tertiary/aromatic N) is 4. The maximum atomic E-state index is 12.6. The molecule has 10 heteroatoms. The summed E-state index contributed by atoms with van der Waals surface area (Å²) in [6, 6.07) is 12.4. The Kier molecular flexibility index (Phi) is 7.18. The smallest absolute Gasteiger partial charge is 0.325 e. The van der Waals surface area contributed by atoms with E-state index < -0.39 is 6.03 Å². The Morgan fingerprint density at radius 2 is 1.91 bits per heavy atom. The van der Waals surface area contributed by atoms with Crippen LogP contribution in [0.4, 0.5) is 21.4 Å². The van der Waals surface area contributed by atoms with Crippen molar-refractivity contribution >= 4 is 51.5 Å². The molecule has 0 radical (unpaired) electrons. The zero-order valence-corrected chi connectivity index (χ0v) is 18.9. The molecular weight excluding hydrogens is 448 g/mol. The number of rotatable bonds is 6. The number of carbonyl (C=O) groups excluding carboxylic acids is 2. The molecule has 32 heavy (non-hydrogen) atoms. The van der Waals surface area contributed by atoms with E-state index in [1.807, 2.05) is 28.5 Å². The number of anilines is 3. The van der Waals surface area contributed by atoms with Gasteiger partial charge in [-0.25, -0.2) is 14.8 Å². The van der Waals surface area contributed by atoms with Crippen LogP contribution in [-0.4, -0.2) is 53.0 Å². The lowest BCUT2D eigenvalue weighted by molar-refractivity contribution is -0.131. The Balaban J connectivity index is 1.21. The first-order valence-electron chi connectivity index (χ1n) is 10.3. The number of aromatic nitrogens is 2. The molecule has 0 saturated carbocycles. The number of aryl methyl sites for hydroxylation is 1. The van der Waals surface area contributed by atoms with Gasteiger partial charge in [-0.15, -0.1) is 11.3 Å². The van der Waals surface area contributed by atoms with Crippen LogP contribution in [0.2, 0.25) is 5.02 Å². The van der Waals surface area contributed by atoms with E-state index in [4.69, 9.17) is 11.6 Å². The van der Waals surface area contributed by atoms with E-state index in [2.05, 4.69) is 25.5 Å². The molecule has 1 aromatic carbocycles. The molecule has 0 unspecified atom stereocenters. The van der Waals surface area contributed by atoms with Crippen molar-refractivity contribution < 1.29 is 9.59 Å². The standard InChI is InChI=1S/C22H23ClN6O2S/c23-16-4-3-5-17(14-16)25-21(31)27-22-26-18(15-32-22)7-8-20(30)29-12-10-28(11-13-29)19-6-1-2-9-24-19/h1-6,9,14-15H,7-8,10-13H2,(H2,25,26,27,31). The van der Waals surface area contributed by atoms with Gasteiger partial charge in [0, 0.05) is 54.9 Å². The fourth-order valence-corrected chi connectivity index (χ4v) is 4.35. The van der Waals surface area contributed by atoms with Gasteiger partial charge in [-0.05, 0) is 36.8 Å². The predicted octanol–water partition coefficient (Wildman–Crippen LogP) is 4.12. The summed E-state index contributed by atoms with van der Waals surface area (Å²) in [4.78, 5) is 37.6. The average molecular weight is 471 g/mol. The number of piperazine rings is 1. The molecule has 3 amide bonds. The number of hydrogen-bond acceptors (Lipinski definition) is 6. The highest BCUT2D eigenvalue weighted by Gasteiger charge is 2.21. The molecule has 1 saturated heterocycles. The maximum Gasteiger partial charge on any atom is 0.325 e. The third kappa shape index (κ3) is 5.95. The van der Waals surface area contributed by atoms with Crippen LogP contribution in [0.5, 0.6) is 0 Å². The van der Waals surface area contributed by atoms with Crippen LogP contribution in [0.1, 0.15) is 12.1 Å². The Labute approximate surface area is 195 Å². The first kappa shape index (κ1) is 22.0. The molecule has 3 heterocycles. The highest BCUT2D eigenvalue weighted by molar-refractivity contribution is 7.13. The Bertz CT molecular complexity index is 1070. The molecule has 1 fully saturated rings. The average Bonchev–Trinajstić information content (AvgIpc) is 3.25. The van der Waals surface area contributed by atoms with Gasteiger partial charge in [-0.2, -0.15) is 0 Å². The third-order valence-corrected chi connectivity index (χ3v) is 6.10. The van der Waals surface area contributed by atoms with Crippen molar-refractivity contribution in [3.05, 3.63) is 64.8 Å². The van der Waals surface area contributed by atoms with E-state index in [0.29, 0.717) is 41.8 Å². The van der Waals surface area contributed by atoms with E-state index in [1.165, 1.54) is 11.3 Å². The predicted molar refractivity (Wildman–Crippen MR) is 128 cm³/mol. The van der Waals surface area contributed by atoms with Gasteiger partial charge in [0.25, 0.3) is 0 Å². The van der Waals surface area contributed by atoms with Gasteiger partial charge < -0.3 is 15.1 Å². The van der Waals surface area contributed by atoms with Crippen LogP contribution in [-0.2, 0) is 11.2 Å². The number of benzene rings is 1. The van der Waals surface area contributed by atoms with Crippen LogP contribution >= 0.6 is 22.9 Å². The first-order valence-corrected chi connectivity index (χ1v) is 11.5. The zero-order valence-electron chi connectivity index (χ0n) is 17.3. The molecule has 0 bridgehead atoms. The summed E-state index contributed by atoms with van der Waals surface area (Å²) in [5.41, 5.74) is 1.38. The Hall–Kier alpha value is -3.17. The van der Waals surface area contributed by atoms with Crippen molar-refractivity contribution in [3.63, 3.8) is 0 Å². The number of carbonyl (C=O) groups is 2. The molecular formula is C22H23ClN6O2S. The molecule has 166 valence electrons. The number of halogens is 1. The van der Waals surface area contributed by atoms with E-state index in [9.17, 15) is 9.59 Å². The van der Waals surface area contributed by atoms with Crippen molar-refractivity contribution in [2.45, 2.75) is 12.8 Å². The minimum Gasteiger partial charge on any atom is -0.353 e. The van der Waals surface area contributed by atoms with E-state index in [1.54, 1.807) is 30.5 Å². The van der Waals surface area contributed by atoms with Crippen LogP contribution in [0, 0.1) is 0 Å². The highest BCUT2D eigenvalue weighted by atomic mass is 35.5. The fraction of sp³-hybridized carbons (Fsp3) is 0.273. The lowest BCUT2D eigenvalue weighted by atomic mass is 10.2. The zero-order chi connectivity index (χ0) is 22.3. The minimum atomic E-state index is -0.394. The summed E-state index contributed by atoms with van der Waals surface area (Å²) >= 11 is 7.25. The van der Waals surface area contributed by atoms with Gasteiger partial charge in [0.1, 0.15) is 5.82 Å².